The lowest BCUT2D eigenvalue weighted by Gasteiger charge is -2.03. The summed E-state index contributed by atoms with van der Waals surface area (Å²) in [7, 11) is -3.44. The molecule has 1 N–H and O–H groups in total. The van der Waals surface area contributed by atoms with Crippen molar-refractivity contribution in [3.63, 3.8) is 0 Å². The second-order valence-electron chi connectivity index (χ2n) is 2.99. The first-order valence-corrected chi connectivity index (χ1v) is 5.85. The highest BCUT2D eigenvalue weighted by molar-refractivity contribution is 7.91. The topological polar surface area (TPSA) is 80.1 Å². The van der Waals surface area contributed by atoms with E-state index in [2.05, 4.69) is 9.97 Å². The minimum Gasteiger partial charge on any atom is -0.393 e. The molecule has 0 fully saturated rings. The molecule has 0 aromatic carbocycles. The van der Waals surface area contributed by atoms with Crippen LogP contribution in [-0.4, -0.2) is 35.3 Å². The zero-order valence-electron chi connectivity index (χ0n) is 7.79. The van der Waals surface area contributed by atoms with Gasteiger partial charge in [-0.25, -0.2) is 18.4 Å². The van der Waals surface area contributed by atoms with E-state index >= 15 is 0 Å². The number of aliphatic hydroxyl groups excluding tert-OH is 1. The summed E-state index contributed by atoms with van der Waals surface area (Å²) >= 11 is 0. The maximum absolute atomic E-state index is 11.5. The number of aromatic nitrogens is 2. The average molecular weight is 216 g/mol. The van der Waals surface area contributed by atoms with Crippen LogP contribution in [0.5, 0.6) is 0 Å². The summed E-state index contributed by atoms with van der Waals surface area (Å²) in [5.41, 5.74) is 0. The molecule has 1 unspecified atom stereocenters. The van der Waals surface area contributed by atoms with E-state index in [1.54, 1.807) is 13.0 Å². The van der Waals surface area contributed by atoms with E-state index in [4.69, 9.17) is 5.11 Å². The van der Waals surface area contributed by atoms with Crippen LogP contribution in [-0.2, 0) is 9.84 Å². The number of sulfone groups is 1. The number of hydrogen-bond donors (Lipinski definition) is 1. The molecule has 6 heteroatoms. The average Bonchev–Trinajstić information content (AvgIpc) is 2.16. The Morgan fingerprint density at radius 2 is 2.00 bits per heavy atom. The lowest BCUT2D eigenvalue weighted by Crippen LogP contribution is -2.14. The van der Waals surface area contributed by atoms with Crippen LogP contribution >= 0.6 is 0 Å². The Morgan fingerprint density at radius 1 is 1.43 bits per heavy atom. The third kappa shape index (κ3) is 3.04. The molecule has 1 aromatic rings. The van der Waals surface area contributed by atoms with Crippen molar-refractivity contribution in [3.05, 3.63) is 18.5 Å². The number of hydrogen-bond acceptors (Lipinski definition) is 5. The Balaban J connectivity index is 2.77. The van der Waals surface area contributed by atoms with E-state index < -0.39 is 15.9 Å². The summed E-state index contributed by atoms with van der Waals surface area (Å²) in [6, 6.07) is 1.55. The van der Waals surface area contributed by atoms with E-state index in [0.29, 0.717) is 0 Å². The van der Waals surface area contributed by atoms with Crippen molar-refractivity contribution in [1.82, 2.24) is 9.97 Å². The molecule has 1 rings (SSSR count). The predicted octanol–water partition coefficient (Wildman–Crippen LogP) is 0.0212. The second kappa shape index (κ2) is 4.47. The van der Waals surface area contributed by atoms with Crippen molar-refractivity contribution < 1.29 is 13.5 Å². The van der Waals surface area contributed by atoms with Gasteiger partial charge in [-0.3, -0.25) is 0 Å². The molecular weight excluding hydrogens is 204 g/mol. The van der Waals surface area contributed by atoms with E-state index in [1.165, 1.54) is 12.4 Å². The first kappa shape index (κ1) is 11.1. The Hall–Kier alpha value is -1.01. The lowest BCUT2D eigenvalue weighted by molar-refractivity contribution is 0.191. The molecule has 1 heterocycles. The molecule has 0 aliphatic heterocycles. The highest BCUT2D eigenvalue weighted by Crippen LogP contribution is 2.05. The molecule has 0 radical (unpaired) electrons. The molecule has 0 saturated heterocycles. The quantitative estimate of drug-likeness (QED) is 0.718. The second-order valence-corrected chi connectivity index (χ2v) is 4.99. The molecular formula is C8H12N2O3S. The third-order valence-corrected chi connectivity index (χ3v) is 3.16. The molecule has 14 heavy (non-hydrogen) atoms. The summed E-state index contributed by atoms with van der Waals surface area (Å²) in [5, 5.41) is 8.78. The fraction of sp³-hybridized carbons (Fsp3) is 0.500. The van der Waals surface area contributed by atoms with Gasteiger partial charge < -0.3 is 5.11 Å². The van der Waals surface area contributed by atoms with E-state index in [9.17, 15) is 8.42 Å². The van der Waals surface area contributed by atoms with Gasteiger partial charge in [0.2, 0.25) is 15.0 Å². The fourth-order valence-electron chi connectivity index (χ4n) is 0.863. The molecule has 5 nitrogen and oxygen atoms in total. The Kier molecular flexibility index (Phi) is 3.54. The summed E-state index contributed by atoms with van der Waals surface area (Å²) in [4.78, 5) is 7.30. The Labute approximate surface area is 82.8 Å². The van der Waals surface area contributed by atoms with Crippen LogP contribution in [0.1, 0.15) is 13.3 Å². The molecule has 1 atom stereocenters. The first-order chi connectivity index (χ1) is 6.52. The normalized spacial score (nSPS) is 13.9. The van der Waals surface area contributed by atoms with E-state index in [0.717, 1.165) is 0 Å². The van der Waals surface area contributed by atoms with Crippen molar-refractivity contribution in [2.45, 2.75) is 24.6 Å². The van der Waals surface area contributed by atoms with Gasteiger partial charge in [0.25, 0.3) is 0 Å². The molecule has 0 spiro atoms. The maximum atomic E-state index is 11.5. The van der Waals surface area contributed by atoms with Crippen LogP contribution in [0, 0.1) is 0 Å². The van der Waals surface area contributed by atoms with E-state index in [1.807, 2.05) is 0 Å². The molecule has 0 bridgehead atoms. The van der Waals surface area contributed by atoms with Crippen LogP contribution in [0.25, 0.3) is 0 Å². The summed E-state index contributed by atoms with van der Waals surface area (Å²) in [5.74, 6) is -0.130. The molecule has 0 aliphatic carbocycles. The number of aliphatic hydroxyl groups is 1. The van der Waals surface area contributed by atoms with Crippen molar-refractivity contribution >= 4 is 9.84 Å². The maximum Gasteiger partial charge on any atom is 0.246 e. The third-order valence-electron chi connectivity index (χ3n) is 1.62. The van der Waals surface area contributed by atoms with Gasteiger partial charge >= 0.3 is 0 Å². The van der Waals surface area contributed by atoms with Gasteiger partial charge in [0.15, 0.2) is 0 Å². The van der Waals surface area contributed by atoms with Crippen molar-refractivity contribution in [2.75, 3.05) is 5.75 Å². The van der Waals surface area contributed by atoms with Crippen LogP contribution in [0.3, 0.4) is 0 Å². The number of nitrogens with zero attached hydrogens (tertiary/aromatic N) is 2. The molecule has 1 aromatic heterocycles. The minimum atomic E-state index is -3.44. The first-order valence-electron chi connectivity index (χ1n) is 4.20. The lowest BCUT2D eigenvalue weighted by atomic mass is 10.3. The van der Waals surface area contributed by atoms with Crippen LogP contribution < -0.4 is 0 Å². The van der Waals surface area contributed by atoms with Crippen LogP contribution in [0.4, 0.5) is 0 Å². The Bertz CT molecular complexity index is 375. The molecule has 0 amide bonds. The zero-order chi connectivity index (χ0) is 10.6. The molecule has 0 saturated carbocycles. The highest BCUT2D eigenvalue weighted by atomic mass is 32.2. The largest absolute Gasteiger partial charge is 0.393 e. The van der Waals surface area contributed by atoms with Gasteiger partial charge in [0.1, 0.15) is 0 Å². The van der Waals surface area contributed by atoms with Crippen LogP contribution in [0.15, 0.2) is 23.6 Å². The van der Waals surface area contributed by atoms with Crippen molar-refractivity contribution in [2.24, 2.45) is 0 Å². The summed E-state index contributed by atoms with van der Waals surface area (Å²) in [6.07, 6.45) is 2.32. The molecule has 78 valence electrons. The highest BCUT2D eigenvalue weighted by Gasteiger charge is 2.17. The summed E-state index contributed by atoms with van der Waals surface area (Å²) < 4.78 is 23.0. The number of rotatable bonds is 4. The van der Waals surface area contributed by atoms with E-state index in [-0.39, 0.29) is 17.3 Å². The minimum absolute atomic E-state index is 0.130. The zero-order valence-corrected chi connectivity index (χ0v) is 8.61. The monoisotopic (exact) mass is 216 g/mol. The Morgan fingerprint density at radius 3 is 2.50 bits per heavy atom. The molecule has 0 aliphatic rings. The van der Waals surface area contributed by atoms with Gasteiger partial charge in [-0.15, -0.1) is 0 Å². The smallest absolute Gasteiger partial charge is 0.246 e. The van der Waals surface area contributed by atoms with Crippen molar-refractivity contribution in [3.8, 4) is 0 Å². The predicted molar refractivity (Wildman–Crippen MR) is 50.4 cm³/mol. The SMILES string of the molecule is CC(O)CCS(=O)(=O)c1ncccn1. The standard InChI is InChI=1S/C8H12N2O3S/c1-7(11)3-6-14(12,13)8-9-4-2-5-10-8/h2,4-5,7,11H,3,6H2,1H3. The van der Waals surface area contributed by atoms with Crippen LogP contribution in [0.2, 0.25) is 0 Å². The van der Waals surface area contributed by atoms with Gasteiger partial charge in [-0.2, -0.15) is 0 Å². The summed E-state index contributed by atoms with van der Waals surface area (Å²) in [6.45, 7) is 1.54. The van der Waals surface area contributed by atoms with Gasteiger partial charge in [-0.1, -0.05) is 0 Å². The van der Waals surface area contributed by atoms with Gasteiger partial charge in [0.05, 0.1) is 11.9 Å². The fourth-order valence-corrected chi connectivity index (χ4v) is 2.14. The van der Waals surface area contributed by atoms with Crippen molar-refractivity contribution in [1.29, 1.82) is 0 Å². The van der Waals surface area contributed by atoms with Gasteiger partial charge in [0, 0.05) is 12.4 Å². The van der Waals surface area contributed by atoms with Gasteiger partial charge in [-0.05, 0) is 19.4 Å².